The highest BCUT2D eigenvalue weighted by Crippen LogP contribution is 2.23. The molecule has 1 heterocycles. The lowest BCUT2D eigenvalue weighted by Crippen LogP contribution is -2.31. The number of aliphatic hydroxyl groups excluding tert-OH is 1. The largest absolute Gasteiger partial charge is 0.456 e. The molecule has 1 unspecified atom stereocenters. The summed E-state index contributed by atoms with van der Waals surface area (Å²) in [5.74, 6) is 0. The normalized spacial score (nSPS) is 12.5. The van der Waals surface area contributed by atoms with Gasteiger partial charge in [-0.15, -0.1) is 12.4 Å². The molecule has 1 atom stereocenters. The van der Waals surface area contributed by atoms with E-state index in [-0.39, 0.29) is 30.5 Å². The number of nitrogens with zero attached hydrogens (tertiary/aromatic N) is 1. The van der Waals surface area contributed by atoms with Crippen LogP contribution < -0.4 is 5.43 Å². The van der Waals surface area contributed by atoms with Crippen LogP contribution in [0.15, 0.2) is 45.6 Å². The Kier molecular flexibility index (Phi) is 5.88. The highest BCUT2D eigenvalue weighted by molar-refractivity contribution is 6.31. The van der Waals surface area contributed by atoms with E-state index in [2.05, 4.69) is 0 Å². The molecule has 0 amide bonds. The molecule has 0 spiro atoms. The van der Waals surface area contributed by atoms with E-state index in [0.29, 0.717) is 33.5 Å². The zero-order valence-corrected chi connectivity index (χ0v) is 15.0. The van der Waals surface area contributed by atoms with Crippen molar-refractivity contribution in [3.8, 4) is 0 Å². The first kappa shape index (κ1) is 18.7. The minimum atomic E-state index is -0.0578. The van der Waals surface area contributed by atoms with Crippen molar-refractivity contribution in [3.05, 3.63) is 57.2 Å². The summed E-state index contributed by atoms with van der Waals surface area (Å²) in [5, 5.41) is 10.8. The molecular weight excluding hydrogens is 349 g/mol. The highest BCUT2D eigenvalue weighted by atomic mass is 35.5. The summed E-state index contributed by atoms with van der Waals surface area (Å²) in [7, 11) is 1.94. The van der Waals surface area contributed by atoms with Gasteiger partial charge >= 0.3 is 0 Å². The Labute approximate surface area is 151 Å². The third-order valence-corrected chi connectivity index (χ3v) is 4.38. The van der Waals surface area contributed by atoms with Gasteiger partial charge in [-0.1, -0.05) is 17.7 Å². The van der Waals surface area contributed by atoms with Crippen LogP contribution in [-0.4, -0.2) is 29.7 Å². The summed E-state index contributed by atoms with van der Waals surface area (Å²) in [5.41, 5.74) is 1.98. The summed E-state index contributed by atoms with van der Waals surface area (Å²) in [4.78, 5) is 14.7. The number of benzene rings is 2. The van der Waals surface area contributed by atoms with Crippen LogP contribution >= 0.6 is 24.0 Å². The number of halogens is 2. The molecule has 3 aromatic rings. The number of fused-ring (bicyclic) bond motifs is 2. The smallest absolute Gasteiger partial charge is 0.200 e. The van der Waals surface area contributed by atoms with E-state index in [4.69, 9.17) is 16.0 Å². The van der Waals surface area contributed by atoms with Crippen LogP contribution in [-0.2, 0) is 6.54 Å². The molecule has 0 bridgehead atoms. The second-order valence-corrected chi connectivity index (χ2v) is 6.29. The quantitative estimate of drug-likeness (QED) is 0.711. The minimum Gasteiger partial charge on any atom is -0.456 e. The lowest BCUT2D eigenvalue weighted by atomic mass is 10.1. The summed E-state index contributed by atoms with van der Waals surface area (Å²) in [6.07, 6.45) is 0. The Morgan fingerprint density at radius 1 is 1.17 bits per heavy atom. The summed E-state index contributed by atoms with van der Waals surface area (Å²) in [6.45, 7) is 2.69. The van der Waals surface area contributed by atoms with Crippen molar-refractivity contribution in [2.24, 2.45) is 0 Å². The van der Waals surface area contributed by atoms with Crippen LogP contribution in [0.4, 0.5) is 0 Å². The lowest BCUT2D eigenvalue weighted by molar-refractivity contribution is 0.154. The highest BCUT2D eigenvalue weighted by Gasteiger charge is 2.12. The van der Waals surface area contributed by atoms with Crippen molar-refractivity contribution in [2.45, 2.75) is 19.5 Å². The molecular formula is C18H19Cl2NO3. The maximum Gasteiger partial charge on any atom is 0.200 e. The second-order valence-electron chi connectivity index (χ2n) is 5.85. The first-order valence-electron chi connectivity index (χ1n) is 7.45. The van der Waals surface area contributed by atoms with Gasteiger partial charge in [0.1, 0.15) is 11.2 Å². The van der Waals surface area contributed by atoms with Gasteiger partial charge in [-0.3, -0.25) is 9.69 Å². The molecule has 1 aromatic heterocycles. The van der Waals surface area contributed by atoms with Crippen LogP contribution in [0.1, 0.15) is 12.5 Å². The average Bonchev–Trinajstić information content (AvgIpc) is 2.54. The van der Waals surface area contributed by atoms with Crippen molar-refractivity contribution in [1.29, 1.82) is 0 Å². The lowest BCUT2D eigenvalue weighted by Gasteiger charge is -2.22. The number of rotatable bonds is 4. The van der Waals surface area contributed by atoms with E-state index in [9.17, 15) is 9.90 Å². The minimum absolute atomic E-state index is 0. The number of likely N-dealkylation sites (N-methyl/N-ethyl adjacent to an activating group) is 1. The molecule has 0 aliphatic carbocycles. The Morgan fingerprint density at radius 3 is 2.62 bits per heavy atom. The summed E-state index contributed by atoms with van der Waals surface area (Å²) < 4.78 is 5.80. The maximum absolute atomic E-state index is 12.7. The molecule has 1 N–H and O–H groups in total. The summed E-state index contributed by atoms with van der Waals surface area (Å²) >= 11 is 5.96. The molecule has 2 aromatic carbocycles. The van der Waals surface area contributed by atoms with Gasteiger partial charge in [0.05, 0.1) is 17.4 Å². The zero-order valence-electron chi connectivity index (χ0n) is 13.5. The Balaban J connectivity index is 0.00000208. The first-order chi connectivity index (χ1) is 11.0. The van der Waals surface area contributed by atoms with Crippen LogP contribution in [0, 0.1) is 0 Å². The molecule has 128 valence electrons. The SMILES string of the molecule is CC(CO)N(C)Cc1ccc2oc3cc(Cl)ccc3c(=O)c2c1.Cl. The fourth-order valence-electron chi connectivity index (χ4n) is 2.56. The van der Waals surface area contributed by atoms with Crippen molar-refractivity contribution < 1.29 is 9.52 Å². The van der Waals surface area contributed by atoms with Crippen LogP contribution in [0.25, 0.3) is 21.9 Å². The van der Waals surface area contributed by atoms with Crippen LogP contribution in [0.3, 0.4) is 0 Å². The van der Waals surface area contributed by atoms with Gasteiger partial charge in [-0.25, -0.2) is 0 Å². The molecule has 0 aliphatic heterocycles. The molecule has 0 saturated heterocycles. The number of hydrogen-bond donors (Lipinski definition) is 1. The first-order valence-corrected chi connectivity index (χ1v) is 7.83. The van der Waals surface area contributed by atoms with E-state index < -0.39 is 0 Å². The van der Waals surface area contributed by atoms with Crippen LogP contribution in [0.5, 0.6) is 0 Å². The van der Waals surface area contributed by atoms with Gasteiger partial charge in [0.25, 0.3) is 0 Å². The predicted molar refractivity (Wildman–Crippen MR) is 100 cm³/mol. The van der Waals surface area contributed by atoms with Gasteiger partial charge in [0, 0.05) is 23.7 Å². The Hall–Kier alpha value is -1.59. The molecule has 3 rings (SSSR count). The zero-order chi connectivity index (χ0) is 16.6. The fourth-order valence-corrected chi connectivity index (χ4v) is 2.72. The Morgan fingerprint density at radius 2 is 1.92 bits per heavy atom. The van der Waals surface area contributed by atoms with Gasteiger partial charge in [0.15, 0.2) is 0 Å². The van der Waals surface area contributed by atoms with E-state index in [1.165, 1.54) is 0 Å². The van der Waals surface area contributed by atoms with Crippen molar-refractivity contribution in [3.63, 3.8) is 0 Å². The Bertz CT molecular complexity index is 923. The van der Waals surface area contributed by atoms with E-state index in [1.807, 2.05) is 37.1 Å². The number of aliphatic hydroxyl groups is 1. The van der Waals surface area contributed by atoms with Gasteiger partial charge in [0.2, 0.25) is 5.43 Å². The van der Waals surface area contributed by atoms with Crippen LogP contribution in [0.2, 0.25) is 5.02 Å². The van der Waals surface area contributed by atoms with Crippen molar-refractivity contribution in [1.82, 2.24) is 4.90 Å². The van der Waals surface area contributed by atoms with Crippen molar-refractivity contribution in [2.75, 3.05) is 13.7 Å². The topological polar surface area (TPSA) is 53.7 Å². The molecule has 0 fully saturated rings. The molecule has 24 heavy (non-hydrogen) atoms. The third-order valence-electron chi connectivity index (χ3n) is 4.15. The fraction of sp³-hybridized carbons (Fsp3) is 0.278. The average molecular weight is 368 g/mol. The molecule has 0 radical (unpaired) electrons. The van der Waals surface area contributed by atoms with E-state index in [0.717, 1.165) is 5.56 Å². The summed E-state index contributed by atoms with van der Waals surface area (Å²) in [6, 6.07) is 10.7. The molecule has 0 aliphatic rings. The standard InChI is InChI=1S/C18H18ClNO3.ClH/c1-11(10-21)20(2)9-12-3-6-16-15(7-12)18(22)14-5-4-13(19)8-17(14)23-16;/h3-8,11,21H,9-10H2,1-2H3;1H. The maximum atomic E-state index is 12.7. The van der Waals surface area contributed by atoms with Gasteiger partial charge in [-0.05, 0) is 43.8 Å². The predicted octanol–water partition coefficient (Wildman–Crippen LogP) is 3.83. The number of hydrogen-bond acceptors (Lipinski definition) is 4. The monoisotopic (exact) mass is 367 g/mol. The third kappa shape index (κ3) is 3.57. The van der Waals surface area contributed by atoms with E-state index >= 15 is 0 Å². The molecule has 0 saturated carbocycles. The van der Waals surface area contributed by atoms with Crippen molar-refractivity contribution >= 4 is 45.9 Å². The van der Waals surface area contributed by atoms with Gasteiger partial charge in [-0.2, -0.15) is 0 Å². The van der Waals surface area contributed by atoms with E-state index in [1.54, 1.807) is 18.2 Å². The molecule has 6 heteroatoms. The van der Waals surface area contributed by atoms with Gasteiger partial charge < -0.3 is 9.52 Å². The second kappa shape index (κ2) is 7.53. The molecule has 4 nitrogen and oxygen atoms in total.